The molecule has 4 aromatic rings. The molecule has 4 rings (SSSR count). The van der Waals surface area contributed by atoms with Crippen LogP contribution >= 0.6 is 11.3 Å². The van der Waals surface area contributed by atoms with Crippen molar-refractivity contribution in [2.45, 2.75) is 6.54 Å². The molecule has 27 heavy (non-hydrogen) atoms. The maximum absolute atomic E-state index is 11.1. The number of aromatic nitrogens is 1. The number of nitro groups is 1. The first-order valence-electron chi connectivity index (χ1n) is 8.26. The highest BCUT2D eigenvalue weighted by Crippen LogP contribution is 2.25. The van der Waals surface area contributed by atoms with Crippen molar-refractivity contribution in [3.8, 4) is 11.3 Å². The summed E-state index contributed by atoms with van der Waals surface area (Å²) in [7, 11) is 0. The summed E-state index contributed by atoms with van der Waals surface area (Å²) in [4.78, 5) is 16.3. The highest BCUT2D eigenvalue weighted by Gasteiger charge is 2.13. The Balaban J connectivity index is 1.86. The first-order valence-corrected chi connectivity index (χ1v) is 9.14. The maximum Gasteiger partial charge on any atom is 0.270 e. The number of hydrogen-bond acceptors (Lipinski definition) is 5. The third-order valence-corrected chi connectivity index (χ3v) is 4.89. The molecule has 0 radical (unpaired) electrons. The Morgan fingerprint density at radius 1 is 1.07 bits per heavy atom. The third kappa shape index (κ3) is 3.73. The average molecular weight is 377 g/mol. The van der Waals surface area contributed by atoms with Gasteiger partial charge in [-0.05, 0) is 24.3 Å². The van der Waals surface area contributed by atoms with Gasteiger partial charge in [0.2, 0.25) is 0 Å². The molecule has 0 saturated carbocycles. The van der Waals surface area contributed by atoms with Crippen molar-refractivity contribution in [1.29, 1.82) is 0 Å². The number of hydrogen-bond donors (Lipinski definition) is 0. The Bertz CT molecular complexity index is 1130. The largest absolute Gasteiger partial charge is 0.467 e. The van der Waals surface area contributed by atoms with Crippen LogP contribution in [0, 0.1) is 10.1 Å². The van der Waals surface area contributed by atoms with Crippen molar-refractivity contribution < 1.29 is 9.34 Å². The number of rotatable bonds is 5. The van der Waals surface area contributed by atoms with Crippen LogP contribution in [0.3, 0.4) is 0 Å². The number of nitrogens with zero attached hydrogens (tertiary/aromatic N) is 3. The van der Waals surface area contributed by atoms with Crippen LogP contribution in [0.15, 0.2) is 87.8 Å². The summed E-state index contributed by atoms with van der Waals surface area (Å²) in [6.45, 7) is 0.486. The van der Waals surface area contributed by atoms with Gasteiger partial charge in [0.15, 0.2) is 4.80 Å². The maximum atomic E-state index is 11.1. The van der Waals surface area contributed by atoms with E-state index in [-0.39, 0.29) is 10.6 Å². The van der Waals surface area contributed by atoms with Crippen LogP contribution in [0.1, 0.15) is 5.76 Å². The van der Waals surface area contributed by atoms with Crippen LogP contribution in [0.4, 0.5) is 11.4 Å². The first kappa shape index (κ1) is 17.0. The molecule has 0 unspecified atom stereocenters. The Labute approximate surface area is 158 Å². The minimum atomic E-state index is -0.387. The van der Waals surface area contributed by atoms with E-state index >= 15 is 0 Å². The van der Waals surface area contributed by atoms with Gasteiger partial charge in [0.05, 0.1) is 29.1 Å². The van der Waals surface area contributed by atoms with E-state index in [0.29, 0.717) is 6.54 Å². The van der Waals surface area contributed by atoms with E-state index < -0.39 is 0 Å². The molecule has 0 atom stereocenters. The minimum Gasteiger partial charge on any atom is -0.467 e. The van der Waals surface area contributed by atoms with Crippen LogP contribution in [-0.2, 0) is 6.54 Å². The zero-order valence-corrected chi connectivity index (χ0v) is 15.0. The zero-order chi connectivity index (χ0) is 18.6. The molecule has 0 saturated heterocycles. The summed E-state index contributed by atoms with van der Waals surface area (Å²) < 4.78 is 7.51. The summed E-state index contributed by atoms with van der Waals surface area (Å²) in [6.07, 6.45) is 1.63. The molecule has 0 aliphatic rings. The monoisotopic (exact) mass is 377 g/mol. The Morgan fingerprint density at radius 3 is 2.67 bits per heavy atom. The highest BCUT2D eigenvalue weighted by atomic mass is 32.1. The van der Waals surface area contributed by atoms with Gasteiger partial charge in [-0.2, -0.15) is 0 Å². The van der Waals surface area contributed by atoms with Crippen molar-refractivity contribution in [2.75, 3.05) is 0 Å². The van der Waals surface area contributed by atoms with E-state index in [2.05, 4.69) is 0 Å². The van der Waals surface area contributed by atoms with Crippen LogP contribution < -0.4 is 4.80 Å². The normalized spacial score (nSPS) is 11.6. The molecule has 0 bridgehead atoms. The summed E-state index contributed by atoms with van der Waals surface area (Å²) in [5.74, 6) is 0.787. The van der Waals surface area contributed by atoms with Gasteiger partial charge < -0.3 is 8.98 Å². The molecule has 6 nitrogen and oxygen atoms in total. The quantitative estimate of drug-likeness (QED) is 0.363. The van der Waals surface area contributed by atoms with Gasteiger partial charge in [-0.25, -0.2) is 4.99 Å². The van der Waals surface area contributed by atoms with Crippen molar-refractivity contribution in [1.82, 2.24) is 4.57 Å². The van der Waals surface area contributed by atoms with Crippen LogP contribution in [0.5, 0.6) is 0 Å². The lowest BCUT2D eigenvalue weighted by molar-refractivity contribution is -0.384. The summed E-state index contributed by atoms with van der Waals surface area (Å²) in [5, 5.41) is 13.1. The van der Waals surface area contributed by atoms with E-state index in [9.17, 15) is 10.1 Å². The van der Waals surface area contributed by atoms with Gasteiger partial charge in [-0.15, -0.1) is 11.3 Å². The van der Waals surface area contributed by atoms with Gasteiger partial charge in [-0.3, -0.25) is 10.1 Å². The summed E-state index contributed by atoms with van der Waals surface area (Å²) >= 11 is 1.49. The smallest absolute Gasteiger partial charge is 0.270 e. The second-order valence-electron chi connectivity index (χ2n) is 5.82. The topological polar surface area (TPSA) is 73.6 Å². The number of benzene rings is 2. The first-order chi connectivity index (χ1) is 13.2. The van der Waals surface area contributed by atoms with Crippen molar-refractivity contribution in [2.24, 2.45) is 4.99 Å². The van der Waals surface area contributed by atoms with E-state index in [0.717, 1.165) is 27.5 Å². The standard InChI is InChI=1S/C20H15N3O3S/c24-23(25)17-9-4-6-15(12-17)19-14-27-20(21-16-7-2-1-3-8-16)22(19)13-18-10-5-11-26-18/h1-12,14H,13H2. The van der Waals surface area contributed by atoms with Gasteiger partial charge in [0.1, 0.15) is 5.76 Å². The Morgan fingerprint density at radius 2 is 1.93 bits per heavy atom. The molecule has 2 aromatic heterocycles. The van der Waals surface area contributed by atoms with Gasteiger partial charge >= 0.3 is 0 Å². The lowest BCUT2D eigenvalue weighted by Crippen LogP contribution is -2.16. The van der Waals surface area contributed by atoms with Crippen molar-refractivity contribution in [3.05, 3.63) is 99.0 Å². The number of nitro benzene ring substituents is 1. The molecule has 0 amide bonds. The second-order valence-corrected chi connectivity index (χ2v) is 6.66. The van der Waals surface area contributed by atoms with Crippen molar-refractivity contribution in [3.63, 3.8) is 0 Å². The lowest BCUT2D eigenvalue weighted by Gasteiger charge is -2.08. The van der Waals surface area contributed by atoms with Gasteiger partial charge in [0.25, 0.3) is 5.69 Å². The van der Waals surface area contributed by atoms with E-state index in [1.165, 1.54) is 17.4 Å². The predicted molar refractivity (Wildman–Crippen MR) is 104 cm³/mol. The fourth-order valence-corrected chi connectivity index (χ4v) is 3.68. The van der Waals surface area contributed by atoms with Crippen LogP contribution in [-0.4, -0.2) is 9.49 Å². The van der Waals surface area contributed by atoms with Gasteiger partial charge in [0, 0.05) is 23.1 Å². The zero-order valence-electron chi connectivity index (χ0n) is 14.2. The minimum absolute atomic E-state index is 0.0600. The Hall–Kier alpha value is -3.45. The molecule has 2 aromatic carbocycles. The predicted octanol–water partition coefficient (Wildman–Crippen LogP) is 5.00. The molecule has 134 valence electrons. The molecule has 0 spiro atoms. The number of para-hydroxylation sites is 1. The number of thiazole rings is 1. The lowest BCUT2D eigenvalue weighted by atomic mass is 10.1. The molecule has 0 aliphatic heterocycles. The highest BCUT2D eigenvalue weighted by molar-refractivity contribution is 7.07. The fraction of sp³-hybridized carbons (Fsp3) is 0.0500. The van der Waals surface area contributed by atoms with Gasteiger partial charge in [-0.1, -0.05) is 30.3 Å². The average Bonchev–Trinajstić information content (AvgIpc) is 3.34. The van der Waals surface area contributed by atoms with E-state index in [1.807, 2.05) is 58.5 Å². The molecule has 2 heterocycles. The molecule has 7 heteroatoms. The molecular weight excluding hydrogens is 362 g/mol. The SMILES string of the molecule is O=[N+]([O-])c1cccc(-c2csc(=Nc3ccccc3)n2Cc2ccco2)c1. The fourth-order valence-electron chi connectivity index (χ4n) is 2.75. The van der Waals surface area contributed by atoms with E-state index in [1.54, 1.807) is 18.4 Å². The molecule has 0 N–H and O–H groups in total. The Kier molecular flexibility index (Phi) is 4.67. The third-order valence-electron chi connectivity index (χ3n) is 4.03. The number of furan rings is 1. The van der Waals surface area contributed by atoms with Crippen LogP contribution in [0.25, 0.3) is 11.3 Å². The summed E-state index contributed by atoms with van der Waals surface area (Å²) in [6, 6.07) is 20.0. The van der Waals surface area contributed by atoms with Crippen molar-refractivity contribution >= 4 is 22.7 Å². The molecular formula is C20H15N3O3S. The molecule has 0 fully saturated rings. The van der Waals surface area contributed by atoms with Crippen LogP contribution in [0.2, 0.25) is 0 Å². The number of non-ortho nitro benzene ring substituents is 1. The van der Waals surface area contributed by atoms with E-state index in [4.69, 9.17) is 9.41 Å². The molecule has 0 aliphatic carbocycles. The second kappa shape index (κ2) is 7.43. The summed E-state index contributed by atoms with van der Waals surface area (Å²) in [5.41, 5.74) is 2.53.